The van der Waals surface area contributed by atoms with Crippen LogP contribution in [0.25, 0.3) is 0 Å². The molecule has 0 radical (unpaired) electrons. The second kappa shape index (κ2) is 4.66. The highest BCUT2D eigenvalue weighted by atomic mass is 79.9. The molecule has 0 saturated carbocycles. The first-order chi connectivity index (χ1) is 6.87. The first kappa shape index (κ1) is 12.7. The number of nitrogens with zero attached hydrogens (tertiary/aromatic N) is 2. The van der Waals surface area contributed by atoms with E-state index < -0.39 is 0 Å². The second-order valence-electron chi connectivity index (χ2n) is 4.85. The Kier molecular flexibility index (Phi) is 3.95. The van der Waals surface area contributed by atoms with E-state index in [1.807, 2.05) is 18.7 Å². The minimum absolute atomic E-state index is 0.234. The van der Waals surface area contributed by atoms with Gasteiger partial charge in [0.1, 0.15) is 0 Å². The van der Waals surface area contributed by atoms with Crippen molar-refractivity contribution in [2.24, 2.45) is 18.2 Å². The van der Waals surface area contributed by atoms with E-state index in [0.29, 0.717) is 0 Å². The lowest BCUT2D eigenvalue weighted by Gasteiger charge is -2.24. The third-order valence-corrected chi connectivity index (χ3v) is 3.76. The monoisotopic (exact) mass is 273 g/mol. The summed E-state index contributed by atoms with van der Waals surface area (Å²) in [6.07, 6.45) is 2.03. The maximum absolute atomic E-state index is 5.62. The molecular weight excluding hydrogens is 254 g/mol. The number of nitrogens with two attached hydrogens (primary N) is 1. The summed E-state index contributed by atoms with van der Waals surface area (Å²) in [7, 11) is 1.99. The molecule has 4 heteroatoms. The first-order valence-corrected chi connectivity index (χ1v) is 6.05. The van der Waals surface area contributed by atoms with E-state index in [2.05, 4.69) is 34.9 Å². The van der Waals surface area contributed by atoms with Gasteiger partial charge in [-0.3, -0.25) is 4.68 Å². The van der Waals surface area contributed by atoms with Gasteiger partial charge in [0, 0.05) is 7.05 Å². The Morgan fingerprint density at radius 2 is 2.07 bits per heavy atom. The summed E-state index contributed by atoms with van der Waals surface area (Å²) in [5, 5.41) is 4.39. The molecule has 0 amide bonds. The maximum atomic E-state index is 5.62. The molecule has 0 unspecified atom stereocenters. The molecule has 0 spiro atoms. The molecule has 15 heavy (non-hydrogen) atoms. The number of halogens is 1. The molecule has 0 bridgehead atoms. The van der Waals surface area contributed by atoms with Crippen molar-refractivity contribution in [2.45, 2.75) is 33.6 Å². The van der Waals surface area contributed by atoms with E-state index in [0.717, 1.165) is 29.6 Å². The predicted octanol–water partition coefficient (Wildman–Crippen LogP) is 2.41. The molecule has 1 heterocycles. The SMILES string of the molecule is Cc1nn(C)c(CC(C)(C)CCN)c1Br. The second-order valence-corrected chi connectivity index (χ2v) is 5.64. The van der Waals surface area contributed by atoms with Crippen molar-refractivity contribution in [2.75, 3.05) is 6.54 Å². The lowest BCUT2D eigenvalue weighted by atomic mass is 9.84. The molecule has 0 aliphatic rings. The molecule has 0 atom stereocenters. The third-order valence-electron chi connectivity index (χ3n) is 2.73. The Morgan fingerprint density at radius 1 is 1.47 bits per heavy atom. The Bertz CT molecular complexity index is 342. The van der Waals surface area contributed by atoms with E-state index in [9.17, 15) is 0 Å². The van der Waals surface area contributed by atoms with Gasteiger partial charge in [0.05, 0.1) is 15.9 Å². The van der Waals surface area contributed by atoms with Crippen molar-refractivity contribution in [1.29, 1.82) is 0 Å². The van der Waals surface area contributed by atoms with Gasteiger partial charge in [-0.25, -0.2) is 0 Å². The van der Waals surface area contributed by atoms with Gasteiger partial charge in [-0.2, -0.15) is 5.10 Å². The summed E-state index contributed by atoms with van der Waals surface area (Å²) < 4.78 is 3.09. The Labute approximate surface area is 100 Å². The number of hydrogen-bond acceptors (Lipinski definition) is 2. The summed E-state index contributed by atoms with van der Waals surface area (Å²) >= 11 is 3.59. The van der Waals surface area contributed by atoms with E-state index in [4.69, 9.17) is 5.73 Å². The van der Waals surface area contributed by atoms with Crippen LogP contribution in [0.5, 0.6) is 0 Å². The molecule has 0 aliphatic carbocycles. The summed E-state index contributed by atoms with van der Waals surface area (Å²) in [6, 6.07) is 0. The summed E-state index contributed by atoms with van der Waals surface area (Å²) in [5.74, 6) is 0. The van der Waals surface area contributed by atoms with Gasteiger partial charge in [0.15, 0.2) is 0 Å². The predicted molar refractivity (Wildman–Crippen MR) is 66.8 cm³/mol. The lowest BCUT2D eigenvalue weighted by Crippen LogP contribution is -2.21. The zero-order chi connectivity index (χ0) is 11.6. The number of aromatic nitrogens is 2. The van der Waals surface area contributed by atoms with Crippen molar-refractivity contribution in [3.05, 3.63) is 15.9 Å². The van der Waals surface area contributed by atoms with Crippen LogP contribution in [-0.2, 0) is 13.5 Å². The van der Waals surface area contributed by atoms with Gasteiger partial charge in [0.25, 0.3) is 0 Å². The first-order valence-electron chi connectivity index (χ1n) is 5.25. The van der Waals surface area contributed by atoms with Crippen LogP contribution in [0.2, 0.25) is 0 Å². The average Bonchev–Trinajstić information content (AvgIpc) is 2.32. The van der Waals surface area contributed by atoms with E-state index in [1.165, 1.54) is 5.69 Å². The number of rotatable bonds is 4. The molecule has 86 valence electrons. The highest BCUT2D eigenvalue weighted by Crippen LogP contribution is 2.30. The average molecular weight is 274 g/mol. The third kappa shape index (κ3) is 3.05. The molecule has 2 N–H and O–H groups in total. The largest absolute Gasteiger partial charge is 0.330 e. The molecule has 0 fully saturated rings. The normalized spacial score (nSPS) is 12.1. The maximum Gasteiger partial charge on any atom is 0.0738 e. The summed E-state index contributed by atoms with van der Waals surface area (Å²) in [5.41, 5.74) is 8.16. The van der Waals surface area contributed by atoms with Gasteiger partial charge in [-0.05, 0) is 47.7 Å². The molecular formula is C11H20BrN3. The van der Waals surface area contributed by atoms with Gasteiger partial charge >= 0.3 is 0 Å². The Morgan fingerprint density at radius 3 is 2.47 bits per heavy atom. The highest BCUT2D eigenvalue weighted by Gasteiger charge is 2.22. The zero-order valence-corrected chi connectivity index (χ0v) is 11.6. The van der Waals surface area contributed by atoms with Crippen LogP contribution in [-0.4, -0.2) is 16.3 Å². The summed E-state index contributed by atoms with van der Waals surface area (Å²) in [4.78, 5) is 0. The van der Waals surface area contributed by atoms with Crippen molar-refractivity contribution in [3.63, 3.8) is 0 Å². The highest BCUT2D eigenvalue weighted by molar-refractivity contribution is 9.10. The Balaban J connectivity index is 2.89. The minimum Gasteiger partial charge on any atom is -0.330 e. The quantitative estimate of drug-likeness (QED) is 0.916. The fraction of sp³-hybridized carbons (Fsp3) is 0.727. The van der Waals surface area contributed by atoms with Crippen molar-refractivity contribution >= 4 is 15.9 Å². The summed E-state index contributed by atoms with van der Waals surface area (Å²) in [6.45, 7) is 7.24. The minimum atomic E-state index is 0.234. The standard InChI is InChI=1S/C11H20BrN3/c1-8-10(12)9(15(4)14-8)7-11(2,3)5-6-13/h5-7,13H2,1-4H3. The van der Waals surface area contributed by atoms with Crippen LogP contribution in [0, 0.1) is 12.3 Å². The van der Waals surface area contributed by atoms with Crippen molar-refractivity contribution in [1.82, 2.24) is 9.78 Å². The topological polar surface area (TPSA) is 43.8 Å². The van der Waals surface area contributed by atoms with E-state index in [1.54, 1.807) is 0 Å². The molecule has 3 nitrogen and oxygen atoms in total. The lowest BCUT2D eigenvalue weighted by molar-refractivity contribution is 0.329. The fourth-order valence-electron chi connectivity index (χ4n) is 1.80. The molecule has 0 saturated heterocycles. The molecule has 1 rings (SSSR count). The molecule has 1 aromatic rings. The smallest absolute Gasteiger partial charge is 0.0738 e. The molecule has 0 aliphatic heterocycles. The van der Waals surface area contributed by atoms with Crippen LogP contribution in [0.1, 0.15) is 31.7 Å². The van der Waals surface area contributed by atoms with Gasteiger partial charge in [0.2, 0.25) is 0 Å². The molecule has 0 aromatic carbocycles. The fourth-order valence-corrected chi connectivity index (χ4v) is 2.28. The zero-order valence-electron chi connectivity index (χ0n) is 9.97. The van der Waals surface area contributed by atoms with Crippen LogP contribution in [0.15, 0.2) is 4.47 Å². The van der Waals surface area contributed by atoms with Crippen LogP contribution in [0.4, 0.5) is 0 Å². The van der Waals surface area contributed by atoms with Gasteiger partial charge in [-0.1, -0.05) is 13.8 Å². The van der Waals surface area contributed by atoms with Crippen LogP contribution < -0.4 is 5.73 Å². The van der Waals surface area contributed by atoms with Gasteiger partial charge < -0.3 is 5.73 Å². The molecule has 1 aromatic heterocycles. The Hall–Kier alpha value is -0.350. The van der Waals surface area contributed by atoms with Crippen LogP contribution in [0.3, 0.4) is 0 Å². The van der Waals surface area contributed by atoms with Crippen molar-refractivity contribution in [3.8, 4) is 0 Å². The van der Waals surface area contributed by atoms with E-state index in [-0.39, 0.29) is 5.41 Å². The van der Waals surface area contributed by atoms with Gasteiger partial charge in [-0.15, -0.1) is 0 Å². The van der Waals surface area contributed by atoms with E-state index >= 15 is 0 Å². The van der Waals surface area contributed by atoms with Crippen LogP contribution >= 0.6 is 15.9 Å². The number of aryl methyl sites for hydroxylation is 2. The van der Waals surface area contributed by atoms with Crippen molar-refractivity contribution < 1.29 is 0 Å². The number of hydrogen-bond donors (Lipinski definition) is 1.